The monoisotopic (exact) mass is 446 g/mol. The first-order valence-electron chi connectivity index (χ1n) is 10.00. The molecule has 1 aliphatic rings. The lowest BCUT2D eigenvalue weighted by Gasteiger charge is -2.35. The van der Waals surface area contributed by atoms with Gasteiger partial charge in [-0.05, 0) is 55.2 Å². The minimum atomic E-state index is -0.561. The van der Waals surface area contributed by atoms with Gasteiger partial charge in [0.1, 0.15) is 12.1 Å². The van der Waals surface area contributed by atoms with Crippen molar-refractivity contribution in [2.45, 2.75) is 25.5 Å². The summed E-state index contributed by atoms with van der Waals surface area (Å²) in [7, 11) is 0. The van der Waals surface area contributed by atoms with E-state index in [1.165, 1.54) is 0 Å². The molecule has 0 aromatic heterocycles. The van der Waals surface area contributed by atoms with Crippen LogP contribution in [0.2, 0.25) is 5.02 Å². The largest absolute Gasteiger partial charge is 0.370 e. The van der Waals surface area contributed by atoms with Gasteiger partial charge in [0.25, 0.3) is 5.91 Å². The Kier molecular flexibility index (Phi) is 8.19. The molecule has 2 atom stereocenters. The Morgan fingerprint density at radius 3 is 2.73 bits per heavy atom. The molecule has 2 aromatic rings. The molecule has 1 saturated heterocycles. The highest BCUT2D eigenvalue weighted by atomic mass is 35.5. The van der Waals surface area contributed by atoms with E-state index >= 15 is 0 Å². The fourth-order valence-electron chi connectivity index (χ4n) is 3.47. The zero-order valence-electron chi connectivity index (χ0n) is 17.3. The molecule has 7 heteroatoms. The van der Waals surface area contributed by atoms with Gasteiger partial charge in [0.2, 0.25) is 5.91 Å². The third-order valence-electron chi connectivity index (χ3n) is 5.11. The second-order valence-electron chi connectivity index (χ2n) is 7.37. The molecule has 2 amide bonds. The van der Waals surface area contributed by atoms with E-state index in [2.05, 4.69) is 5.32 Å². The molecule has 2 aromatic carbocycles. The lowest BCUT2D eigenvalue weighted by Crippen LogP contribution is -2.52. The van der Waals surface area contributed by atoms with E-state index in [9.17, 15) is 9.59 Å². The molecule has 1 heterocycles. The molecule has 0 spiro atoms. The summed E-state index contributed by atoms with van der Waals surface area (Å²) in [5.41, 5.74) is 2.56. The third kappa shape index (κ3) is 6.00. The van der Waals surface area contributed by atoms with Crippen molar-refractivity contribution in [3.63, 3.8) is 0 Å². The number of rotatable bonds is 7. The Morgan fingerprint density at radius 2 is 2.03 bits per heavy atom. The minimum absolute atomic E-state index is 0.0627. The summed E-state index contributed by atoms with van der Waals surface area (Å²) in [5, 5.41) is 3.62. The van der Waals surface area contributed by atoms with E-state index in [0.717, 1.165) is 16.9 Å². The Bertz CT molecular complexity index is 875. The van der Waals surface area contributed by atoms with E-state index in [0.29, 0.717) is 36.7 Å². The summed E-state index contributed by atoms with van der Waals surface area (Å²) in [6.07, 6.45) is 2.38. The zero-order chi connectivity index (χ0) is 21.5. The number of nitrogens with zero attached hydrogens (tertiary/aromatic N) is 1. The van der Waals surface area contributed by atoms with Crippen molar-refractivity contribution in [1.82, 2.24) is 10.2 Å². The van der Waals surface area contributed by atoms with E-state index in [4.69, 9.17) is 16.3 Å². The van der Waals surface area contributed by atoms with Crippen LogP contribution in [0.25, 0.3) is 0 Å². The fourth-order valence-corrected chi connectivity index (χ4v) is 4.07. The van der Waals surface area contributed by atoms with Gasteiger partial charge in [-0.1, -0.05) is 41.4 Å². The molecule has 1 aliphatic heterocycles. The van der Waals surface area contributed by atoms with Crippen molar-refractivity contribution in [2.24, 2.45) is 0 Å². The first-order chi connectivity index (χ1) is 14.5. The van der Waals surface area contributed by atoms with Gasteiger partial charge in [-0.3, -0.25) is 9.59 Å². The van der Waals surface area contributed by atoms with Crippen molar-refractivity contribution < 1.29 is 14.3 Å². The van der Waals surface area contributed by atoms with E-state index < -0.39 is 6.04 Å². The molecule has 0 aliphatic carbocycles. The number of hydrogen-bond acceptors (Lipinski definition) is 4. The smallest absolute Gasteiger partial charge is 0.251 e. The molecular formula is C23H27ClN2O3S. The molecule has 5 nitrogen and oxygen atoms in total. The second-order valence-corrected chi connectivity index (χ2v) is 8.79. The number of hydrogen-bond donors (Lipinski definition) is 1. The van der Waals surface area contributed by atoms with Crippen molar-refractivity contribution >= 4 is 35.2 Å². The average molecular weight is 447 g/mol. The fraction of sp³-hybridized carbons (Fsp3) is 0.391. The van der Waals surface area contributed by atoms with Crippen LogP contribution < -0.4 is 5.32 Å². The van der Waals surface area contributed by atoms with E-state index in [-0.39, 0.29) is 17.9 Å². The van der Waals surface area contributed by atoms with E-state index in [1.807, 2.05) is 55.6 Å². The summed E-state index contributed by atoms with van der Waals surface area (Å²) in [4.78, 5) is 27.8. The molecule has 1 N–H and O–H groups in total. The number of amides is 2. The topological polar surface area (TPSA) is 58.6 Å². The van der Waals surface area contributed by atoms with Crippen molar-refractivity contribution in [3.05, 3.63) is 70.2 Å². The molecule has 3 rings (SSSR count). The van der Waals surface area contributed by atoms with Gasteiger partial charge in [-0.15, -0.1) is 0 Å². The predicted octanol–water partition coefficient (Wildman–Crippen LogP) is 4.10. The Balaban J connectivity index is 1.70. The standard InChI is InChI=1S/C23H27ClN2O3S/c1-16-4-3-5-18(14-16)22(27)25-20(10-13-30-2)23(28)26-11-12-29-21(15-26)17-6-8-19(24)9-7-17/h3-9,14,20-21H,10-13,15H2,1-2H3,(H,25,27). The maximum atomic E-state index is 13.3. The molecule has 30 heavy (non-hydrogen) atoms. The number of morpholine rings is 1. The maximum absolute atomic E-state index is 13.3. The summed E-state index contributed by atoms with van der Waals surface area (Å²) in [6, 6.07) is 14.3. The summed E-state index contributed by atoms with van der Waals surface area (Å²) in [5.74, 6) is 0.503. The van der Waals surface area contributed by atoms with Gasteiger partial charge in [0.15, 0.2) is 0 Å². The number of aryl methyl sites for hydroxylation is 1. The second kappa shape index (κ2) is 10.8. The number of halogens is 1. The molecule has 1 fully saturated rings. The number of benzene rings is 2. The highest BCUT2D eigenvalue weighted by Crippen LogP contribution is 2.24. The number of ether oxygens (including phenoxy) is 1. The Morgan fingerprint density at radius 1 is 1.27 bits per heavy atom. The SMILES string of the molecule is CSCCC(NC(=O)c1cccc(C)c1)C(=O)N1CCOC(c2ccc(Cl)cc2)C1. The van der Waals surface area contributed by atoms with Crippen LogP contribution in [0.3, 0.4) is 0 Å². The number of carbonyl (C=O) groups excluding carboxylic acids is 2. The van der Waals surface area contributed by atoms with Gasteiger partial charge in [-0.25, -0.2) is 0 Å². The summed E-state index contributed by atoms with van der Waals surface area (Å²) in [6.45, 7) is 3.37. The zero-order valence-corrected chi connectivity index (χ0v) is 18.8. The number of nitrogens with one attached hydrogen (secondary N) is 1. The number of thioether (sulfide) groups is 1. The van der Waals surface area contributed by atoms with E-state index in [1.54, 1.807) is 22.7 Å². The predicted molar refractivity (Wildman–Crippen MR) is 122 cm³/mol. The molecular weight excluding hydrogens is 420 g/mol. The van der Waals surface area contributed by atoms with Gasteiger partial charge >= 0.3 is 0 Å². The van der Waals surface area contributed by atoms with Crippen LogP contribution in [0.1, 0.15) is 34.0 Å². The van der Waals surface area contributed by atoms with Crippen LogP contribution >= 0.6 is 23.4 Å². The molecule has 0 radical (unpaired) electrons. The van der Waals surface area contributed by atoms with Crippen LogP contribution in [0.5, 0.6) is 0 Å². The van der Waals surface area contributed by atoms with Crippen molar-refractivity contribution in [2.75, 3.05) is 31.7 Å². The van der Waals surface area contributed by atoms with Crippen molar-refractivity contribution in [3.8, 4) is 0 Å². The highest BCUT2D eigenvalue weighted by Gasteiger charge is 2.31. The highest BCUT2D eigenvalue weighted by molar-refractivity contribution is 7.98. The van der Waals surface area contributed by atoms with Crippen LogP contribution in [0.15, 0.2) is 48.5 Å². The lowest BCUT2D eigenvalue weighted by atomic mass is 10.1. The van der Waals surface area contributed by atoms with Crippen LogP contribution in [0, 0.1) is 6.92 Å². The summed E-state index contributed by atoms with van der Waals surface area (Å²) >= 11 is 7.64. The van der Waals surface area contributed by atoms with Gasteiger partial charge in [-0.2, -0.15) is 11.8 Å². The quantitative estimate of drug-likeness (QED) is 0.695. The molecule has 160 valence electrons. The van der Waals surface area contributed by atoms with Crippen LogP contribution in [-0.2, 0) is 9.53 Å². The molecule has 2 unspecified atom stereocenters. The minimum Gasteiger partial charge on any atom is -0.370 e. The first kappa shape index (κ1) is 22.7. The Hall–Kier alpha value is -2.02. The number of carbonyl (C=O) groups is 2. The van der Waals surface area contributed by atoms with Crippen LogP contribution in [-0.4, -0.2) is 54.5 Å². The van der Waals surface area contributed by atoms with Crippen LogP contribution in [0.4, 0.5) is 0 Å². The maximum Gasteiger partial charge on any atom is 0.251 e. The third-order valence-corrected chi connectivity index (χ3v) is 6.01. The summed E-state index contributed by atoms with van der Waals surface area (Å²) < 4.78 is 5.88. The lowest BCUT2D eigenvalue weighted by molar-refractivity contribution is -0.141. The average Bonchev–Trinajstić information content (AvgIpc) is 2.76. The normalized spacial score (nSPS) is 17.4. The molecule has 0 bridgehead atoms. The van der Waals surface area contributed by atoms with Gasteiger partial charge in [0.05, 0.1) is 13.2 Å². The van der Waals surface area contributed by atoms with Gasteiger partial charge in [0, 0.05) is 17.1 Å². The van der Waals surface area contributed by atoms with Crippen molar-refractivity contribution in [1.29, 1.82) is 0 Å². The molecule has 0 saturated carbocycles. The first-order valence-corrected chi connectivity index (χ1v) is 11.8. The van der Waals surface area contributed by atoms with Gasteiger partial charge < -0.3 is 15.0 Å². The Labute approximate surface area is 187 Å².